The van der Waals surface area contributed by atoms with E-state index >= 15 is 0 Å². The smallest absolute Gasteiger partial charge is 0.385 e. The quantitative estimate of drug-likeness (QED) is 0.255. The van der Waals surface area contributed by atoms with Crippen LogP contribution < -0.4 is 0 Å². The van der Waals surface area contributed by atoms with Gasteiger partial charge in [0.15, 0.2) is 5.73 Å². The van der Waals surface area contributed by atoms with Crippen LogP contribution in [0.15, 0.2) is 24.8 Å². The molecule has 0 aliphatic heterocycles. The molecule has 0 amide bonds. The van der Waals surface area contributed by atoms with Crippen LogP contribution in [-0.2, 0) is 9.53 Å². The maximum Gasteiger partial charge on any atom is 0.385 e. The van der Waals surface area contributed by atoms with Gasteiger partial charge in [0.1, 0.15) is 0 Å². The Balaban J connectivity index is 4.39. The average Bonchev–Trinajstić information content (AvgIpc) is 1.96. The van der Waals surface area contributed by atoms with Crippen molar-refractivity contribution in [2.75, 3.05) is 0 Å². The molecule has 6 heteroatoms. The van der Waals surface area contributed by atoms with E-state index in [1.807, 2.05) is 0 Å². The first-order valence-electron chi connectivity index (χ1n) is 3.34. The van der Waals surface area contributed by atoms with Crippen molar-refractivity contribution in [3.8, 4) is 0 Å². The molecule has 1 unspecified atom stereocenters. The lowest BCUT2D eigenvalue weighted by molar-refractivity contribution is -0.139. The van der Waals surface area contributed by atoms with Crippen molar-refractivity contribution in [1.29, 1.82) is 0 Å². The Kier molecular flexibility index (Phi) is 5.07. The molecule has 0 aromatic carbocycles. The third-order valence-corrected chi connectivity index (χ3v) is 4.05. The van der Waals surface area contributed by atoms with Crippen molar-refractivity contribution in [2.24, 2.45) is 0 Å². The Bertz CT molecular complexity index is 234. The van der Waals surface area contributed by atoms with Crippen LogP contribution >= 0.6 is 33.2 Å². The number of hydrogen-bond acceptors (Lipinski definition) is 2. The van der Waals surface area contributed by atoms with E-state index in [-0.39, 0.29) is 5.57 Å². The fraction of sp³-hybridized carbons (Fsp3) is 0.286. The summed E-state index contributed by atoms with van der Waals surface area (Å²) in [6.07, 6.45) is 1.31. The molecule has 0 fully saturated rings. The van der Waals surface area contributed by atoms with Gasteiger partial charge in [-0.1, -0.05) is 19.2 Å². The Morgan fingerprint density at radius 2 is 2.00 bits per heavy atom. The van der Waals surface area contributed by atoms with Gasteiger partial charge in [0.05, 0.1) is 0 Å². The van der Waals surface area contributed by atoms with Gasteiger partial charge < -0.3 is 4.74 Å². The van der Waals surface area contributed by atoms with E-state index in [1.54, 1.807) is 0 Å². The van der Waals surface area contributed by atoms with Gasteiger partial charge in [-0.15, -0.1) is 33.2 Å². The topological polar surface area (TPSA) is 26.3 Å². The van der Waals surface area contributed by atoms with Gasteiger partial charge in [0, 0.05) is 5.57 Å². The largest absolute Gasteiger partial charge is 0.454 e. The summed E-state index contributed by atoms with van der Waals surface area (Å²) in [6, 6.07) is -3.08. The van der Waals surface area contributed by atoms with Crippen LogP contribution in [-0.4, -0.2) is 17.7 Å². The zero-order chi connectivity index (χ0) is 10.6. The zero-order valence-electron chi connectivity index (χ0n) is 7.02. The van der Waals surface area contributed by atoms with Crippen LogP contribution in [0.4, 0.5) is 0 Å². The van der Waals surface area contributed by atoms with E-state index in [4.69, 9.17) is 38.0 Å². The zero-order valence-corrected chi connectivity index (χ0v) is 10.3. The Labute approximate surface area is 92.2 Å². The molecule has 0 heterocycles. The summed E-state index contributed by atoms with van der Waals surface area (Å²) in [4.78, 5) is 11.0. The van der Waals surface area contributed by atoms with Crippen LogP contribution in [0.1, 0.15) is 6.92 Å². The predicted octanol–water partition coefficient (Wildman–Crippen LogP) is 2.85. The second-order valence-corrected chi connectivity index (χ2v) is 11.1. The number of carbonyl (C=O) groups is 1. The highest BCUT2D eigenvalue weighted by atomic mass is 35.8. The van der Waals surface area contributed by atoms with Crippen molar-refractivity contribution < 1.29 is 9.53 Å². The number of carbonyl (C=O) groups excluding carboxylic acids is 1. The van der Waals surface area contributed by atoms with Crippen molar-refractivity contribution in [3.63, 3.8) is 0 Å². The fourth-order valence-electron chi connectivity index (χ4n) is 0.464. The van der Waals surface area contributed by atoms with Gasteiger partial charge in [-0.3, -0.25) is 0 Å². The summed E-state index contributed by atoms with van der Waals surface area (Å²) >= 11 is 16.9. The first-order chi connectivity index (χ1) is 5.79. The summed E-state index contributed by atoms with van der Waals surface area (Å²) in [5.41, 5.74) is -0.572. The summed E-state index contributed by atoms with van der Waals surface area (Å²) in [7, 11) is 0. The highest BCUT2D eigenvalue weighted by molar-refractivity contribution is 7.65. The molecule has 0 N–H and O–H groups in total. The van der Waals surface area contributed by atoms with Crippen molar-refractivity contribution >= 4 is 45.2 Å². The number of hydrogen-bond donors (Lipinski definition) is 0. The van der Waals surface area contributed by atoms with Gasteiger partial charge in [-0.05, 0) is 6.92 Å². The SMILES string of the molecule is C=CC(OC(=O)C(=C)C)[Si](Cl)(Cl)Cl. The predicted molar refractivity (Wildman–Crippen MR) is 58.2 cm³/mol. The molecule has 0 bridgehead atoms. The standard InChI is InChI=1S/C7H9Cl3O2Si/c1-4-6(13(8,9)10)12-7(11)5(2)3/h4,6H,1-2H2,3H3. The molecule has 2 nitrogen and oxygen atoms in total. The van der Waals surface area contributed by atoms with Gasteiger partial charge in [-0.25, -0.2) is 4.79 Å². The van der Waals surface area contributed by atoms with Crippen LogP contribution in [0.25, 0.3) is 0 Å². The molecule has 13 heavy (non-hydrogen) atoms. The van der Waals surface area contributed by atoms with E-state index in [2.05, 4.69) is 13.2 Å². The number of esters is 1. The molecular weight excluding hydrogens is 251 g/mol. The van der Waals surface area contributed by atoms with E-state index < -0.39 is 17.7 Å². The average molecular weight is 260 g/mol. The first kappa shape index (κ1) is 13.0. The van der Waals surface area contributed by atoms with Crippen molar-refractivity contribution in [2.45, 2.75) is 12.7 Å². The summed E-state index contributed by atoms with van der Waals surface area (Å²) < 4.78 is 4.83. The van der Waals surface area contributed by atoms with E-state index in [1.165, 1.54) is 13.0 Å². The van der Waals surface area contributed by atoms with Crippen molar-refractivity contribution in [3.05, 3.63) is 24.8 Å². The molecule has 0 saturated heterocycles. The maximum atomic E-state index is 11.0. The van der Waals surface area contributed by atoms with E-state index in [0.717, 1.165) is 0 Å². The molecule has 0 rings (SSSR count). The maximum absolute atomic E-state index is 11.0. The van der Waals surface area contributed by atoms with Crippen LogP contribution in [0.3, 0.4) is 0 Å². The number of rotatable bonds is 4. The molecule has 0 aliphatic carbocycles. The number of halogens is 3. The molecular formula is C7H9Cl3O2Si. The summed E-state index contributed by atoms with van der Waals surface area (Å²) in [6.45, 7) is 8.33. The van der Waals surface area contributed by atoms with Gasteiger partial charge >= 0.3 is 12.0 Å². The Hall–Kier alpha value is 0.0369. The van der Waals surface area contributed by atoms with Gasteiger partial charge in [0.25, 0.3) is 0 Å². The van der Waals surface area contributed by atoms with Crippen LogP contribution in [0.5, 0.6) is 0 Å². The Morgan fingerprint density at radius 3 is 2.23 bits per heavy atom. The van der Waals surface area contributed by atoms with Gasteiger partial charge in [0.2, 0.25) is 0 Å². The molecule has 0 radical (unpaired) electrons. The summed E-state index contributed by atoms with van der Waals surface area (Å²) in [5, 5.41) is 0. The third-order valence-electron chi connectivity index (χ3n) is 1.12. The first-order valence-corrected chi connectivity index (χ1v) is 8.46. The molecule has 0 aromatic heterocycles. The number of ether oxygens (including phenoxy) is 1. The minimum Gasteiger partial charge on any atom is -0.454 e. The van der Waals surface area contributed by atoms with Gasteiger partial charge in [-0.2, -0.15) is 0 Å². The Morgan fingerprint density at radius 1 is 1.54 bits per heavy atom. The van der Waals surface area contributed by atoms with Crippen molar-refractivity contribution in [1.82, 2.24) is 0 Å². The molecule has 0 aromatic rings. The normalized spacial score (nSPS) is 13.2. The van der Waals surface area contributed by atoms with E-state index in [9.17, 15) is 4.79 Å². The molecule has 0 aliphatic rings. The second kappa shape index (κ2) is 5.05. The third kappa shape index (κ3) is 4.71. The highest BCUT2D eigenvalue weighted by Gasteiger charge is 2.38. The highest BCUT2D eigenvalue weighted by Crippen LogP contribution is 2.27. The molecule has 0 saturated carbocycles. The minimum atomic E-state index is -3.08. The lowest BCUT2D eigenvalue weighted by atomic mass is 10.4. The molecule has 1 atom stereocenters. The molecule has 74 valence electrons. The second-order valence-electron chi connectivity index (χ2n) is 2.38. The van der Waals surface area contributed by atoms with Crippen LogP contribution in [0, 0.1) is 0 Å². The molecule has 0 spiro atoms. The fourth-order valence-corrected chi connectivity index (χ4v) is 2.18. The summed E-state index contributed by atoms with van der Waals surface area (Å²) in [5.74, 6) is -0.580. The van der Waals surface area contributed by atoms with Crippen LogP contribution in [0.2, 0.25) is 0 Å². The monoisotopic (exact) mass is 258 g/mol. The lowest BCUT2D eigenvalue weighted by Gasteiger charge is -2.18. The lowest BCUT2D eigenvalue weighted by Crippen LogP contribution is -2.34. The minimum absolute atomic E-state index is 0.259. The van der Waals surface area contributed by atoms with E-state index in [0.29, 0.717) is 0 Å².